The molecule has 0 fully saturated rings. The zero-order valence-electron chi connectivity index (χ0n) is 12.7. The van der Waals surface area contributed by atoms with Crippen LogP contribution in [-0.4, -0.2) is 14.6 Å². The number of pyridine rings is 1. The van der Waals surface area contributed by atoms with E-state index in [9.17, 15) is 0 Å². The van der Waals surface area contributed by atoms with E-state index in [1.54, 1.807) is 0 Å². The van der Waals surface area contributed by atoms with Crippen LogP contribution in [0.5, 0.6) is 0 Å². The van der Waals surface area contributed by atoms with Crippen LogP contribution in [0.15, 0.2) is 42.6 Å². The Kier molecular flexibility index (Phi) is 3.71. The van der Waals surface area contributed by atoms with Crippen LogP contribution in [0.25, 0.3) is 5.65 Å². The van der Waals surface area contributed by atoms with Crippen molar-refractivity contribution in [3.05, 3.63) is 65.1 Å². The van der Waals surface area contributed by atoms with Crippen molar-refractivity contribution in [2.75, 3.05) is 0 Å². The summed E-state index contributed by atoms with van der Waals surface area (Å²) in [5.41, 5.74) is 4.81. The Bertz CT molecular complexity index is 760. The number of rotatable bonds is 4. The average molecular weight is 280 g/mol. The summed E-state index contributed by atoms with van der Waals surface area (Å²) >= 11 is 0. The smallest absolute Gasteiger partial charge is 0.160 e. The lowest BCUT2D eigenvalue weighted by molar-refractivity contribution is 0.540. The van der Waals surface area contributed by atoms with Crippen LogP contribution in [0.1, 0.15) is 35.5 Å². The predicted octanol–water partition coefficient (Wildman–Crippen LogP) is 3.20. The minimum Gasteiger partial charge on any atom is -0.303 e. The molecule has 0 aliphatic rings. The summed E-state index contributed by atoms with van der Waals surface area (Å²) in [6.07, 6.45) is 2.00. The van der Waals surface area contributed by atoms with Gasteiger partial charge in [0.25, 0.3) is 0 Å². The summed E-state index contributed by atoms with van der Waals surface area (Å²) in [7, 11) is 0. The third-order valence-electron chi connectivity index (χ3n) is 3.83. The molecule has 1 unspecified atom stereocenters. The van der Waals surface area contributed by atoms with Gasteiger partial charge in [0.05, 0.1) is 6.04 Å². The predicted molar refractivity (Wildman–Crippen MR) is 84.2 cm³/mol. The van der Waals surface area contributed by atoms with E-state index >= 15 is 0 Å². The Morgan fingerprint density at radius 3 is 2.86 bits per heavy atom. The lowest BCUT2D eigenvalue weighted by Crippen LogP contribution is -2.20. The molecule has 4 heteroatoms. The van der Waals surface area contributed by atoms with Gasteiger partial charge >= 0.3 is 0 Å². The highest BCUT2D eigenvalue weighted by molar-refractivity contribution is 5.37. The number of benzene rings is 1. The van der Waals surface area contributed by atoms with E-state index < -0.39 is 0 Å². The highest BCUT2D eigenvalue weighted by Crippen LogP contribution is 2.15. The fraction of sp³-hybridized carbons (Fsp3) is 0.294. The number of aryl methyl sites for hydroxylation is 2. The van der Waals surface area contributed by atoms with Gasteiger partial charge < -0.3 is 5.32 Å². The van der Waals surface area contributed by atoms with E-state index in [-0.39, 0.29) is 6.04 Å². The first kappa shape index (κ1) is 13.8. The molecule has 1 aromatic carbocycles. The molecule has 3 rings (SSSR count). The van der Waals surface area contributed by atoms with Gasteiger partial charge in [-0.1, -0.05) is 29.8 Å². The van der Waals surface area contributed by atoms with Gasteiger partial charge in [0.1, 0.15) is 0 Å². The highest BCUT2D eigenvalue weighted by atomic mass is 15.3. The van der Waals surface area contributed by atoms with Crippen molar-refractivity contribution < 1.29 is 0 Å². The zero-order valence-corrected chi connectivity index (χ0v) is 12.7. The summed E-state index contributed by atoms with van der Waals surface area (Å²) in [6.45, 7) is 7.22. The quantitative estimate of drug-likeness (QED) is 0.798. The van der Waals surface area contributed by atoms with Crippen molar-refractivity contribution in [1.82, 2.24) is 19.9 Å². The maximum Gasteiger partial charge on any atom is 0.160 e. The fourth-order valence-electron chi connectivity index (χ4n) is 2.50. The third-order valence-corrected chi connectivity index (χ3v) is 3.83. The van der Waals surface area contributed by atoms with Gasteiger partial charge in [0, 0.05) is 12.7 Å². The summed E-state index contributed by atoms with van der Waals surface area (Å²) < 4.78 is 2.03. The molecular formula is C17H20N4. The highest BCUT2D eigenvalue weighted by Gasteiger charge is 2.12. The van der Waals surface area contributed by atoms with Gasteiger partial charge in [-0.3, -0.25) is 4.40 Å². The van der Waals surface area contributed by atoms with Crippen LogP contribution in [0.4, 0.5) is 0 Å². The summed E-state index contributed by atoms with van der Waals surface area (Å²) in [5, 5.41) is 12.0. The first-order chi connectivity index (χ1) is 10.1. The second kappa shape index (κ2) is 5.66. The van der Waals surface area contributed by atoms with E-state index in [1.807, 2.05) is 28.8 Å². The Morgan fingerprint density at radius 1 is 1.14 bits per heavy atom. The minimum absolute atomic E-state index is 0.141. The SMILES string of the molecule is Cc1ccc(C)c(CNC(C)c2nnc3ccccn23)c1. The molecule has 1 N–H and O–H groups in total. The minimum atomic E-state index is 0.141. The first-order valence-corrected chi connectivity index (χ1v) is 7.24. The topological polar surface area (TPSA) is 42.2 Å². The van der Waals surface area contributed by atoms with Crippen molar-refractivity contribution in [2.45, 2.75) is 33.4 Å². The van der Waals surface area contributed by atoms with E-state index in [0.29, 0.717) is 0 Å². The van der Waals surface area contributed by atoms with Gasteiger partial charge in [0.15, 0.2) is 11.5 Å². The molecule has 0 aliphatic heterocycles. The van der Waals surface area contributed by atoms with Crippen molar-refractivity contribution in [1.29, 1.82) is 0 Å². The third kappa shape index (κ3) is 2.81. The van der Waals surface area contributed by atoms with Gasteiger partial charge in [-0.2, -0.15) is 0 Å². The molecule has 0 saturated heterocycles. The Labute approximate surface area is 124 Å². The Hall–Kier alpha value is -2.20. The van der Waals surface area contributed by atoms with Crippen LogP contribution >= 0.6 is 0 Å². The lowest BCUT2D eigenvalue weighted by atomic mass is 10.1. The second-order valence-corrected chi connectivity index (χ2v) is 5.52. The zero-order chi connectivity index (χ0) is 14.8. The monoisotopic (exact) mass is 280 g/mol. The van der Waals surface area contributed by atoms with E-state index in [2.05, 4.69) is 54.5 Å². The van der Waals surface area contributed by atoms with E-state index in [0.717, 1.165) is 18.0 Å². The van der Waals surface area contributed by atoms with Crippen LogP contribution in [0.3, 0.4) is 0 Å². The number of nitrogens with zero attached hydrogens (tertiary/aromatic N) is 3. The average Bonchev–Trinajstić information content (AvgIpc) is 2.92. The molecule has 4 nitrogen and oxygen atoms in total. The van der Waals surface area contributed by atoms with Gasteiger partial charge in [-0.15, -0.1) is 10.2 Å². The Balaban J connectivity index is 1.77. The molecule has 108 valence electrons. The molecule has 2 aromatic heterocycles. The second-order valence-electron chi connectivity index (χ2n) is 5.52. The molecule has 21 heavy (non-hydrogen) atoms. The summed E-state index contributed by atoms with van der Waals surface area (Å²) in [5.74, 6) is 0.941. The van der Waals surface area contributed by atoms with Crippen LogP contribution in [0.2, 0.25) is 0 Å². The fourth-order valence-corrected chi connectivity index (χ4v) is 2.50. The first-order valence-electron chi connectivity index (χ1n) is 7.24. The molecule has 0 spiro atoms. The molecule has 2 heterocycles. The van der Waals surface area contributed by atoms with Crippen molar-refractivity contribution in [2.24, 2.45) is 0 Å². The van der Waals surface area contributed by atoms with Crippen molar-refractivity contribution in [3.63, 3.8) is 0 Å². The van der Waals surface area contributed by atoms with Gasteiger partial charge in [-0.25, -0.2) is 0 Å². The maximum absolute atomic E-state index is 4.30. The molecule has 0 bridgehead atoms. The molecule has 1 atom stereocenters. The van der Waals surface area contributed by atoms with Crippen molar-refractivity contribution >= 4 is 5.65 Å². The van der Waals surface area contributed by atoms with E-state index in [1.165, 1.54) is 16.7 Å². The number of fused-ring (bicyclic) bond motifs is 1. The van der Waals surface area contributed by atoms with E-state index in [4.69, 9.17) is 0 Å². The van der Waals surface area contributed by atoms with Crippen LogP contribution in [0, 0.1) is 13.8 Å². The molecule has 0 saturated carbocycles. The Morgan fingerprint density at radius 2 is 2.00 bits per heavy atom. The standard InChI is InChI=1S/C17H20N4/c1-12-7-8-13(2)15(10-12)11-18-14(3)17-20-19-16-6-4-5-9-21(16)17/h4-10,14,18H,11H2,1-3H3. The normalized spacial score (nSPS) is 12.7. The maximum atomic E-state index is 4.30. The van der Waals surface area contributed by atoms with Gasteiger partial charge in [0.2, 0.25) is 0 Å². The van der Waals surface area contributed by atoms with Crippen molar-refractivity contribution in [3.8, 4) is 0 Å². The number of aromatic nitrogens is 3. The summed E-state index contributed by atoms with van der Waals surface area (Å²) in [4.78, 5) is 0. The van der Waals surface area contributed by atoms with Crippen LogP contribution in [-0.2, 0) is 6.54 Å². The molecule has 0 aliphatic carbocycles. The number of hydrogen-bond donors (Lipinski definition) is 1. The number of hydrogen-bond acceptors (Lipinski definition) is 3. The van der Waals surface area contributed by atoms with Crippen LogP contribution < -0.4 is 5.32 Å². The lowest BCUT2D eigenvalue weighted by Gasteiger charge is -2.14. The molecule has 3 aromatic rings. The summed E-state index contributed by atoms with van der Waals surface area (Å²) in [6, 6.07) is 12.6. The number of nitrogens with one attached hydrogen (secondary N) is 1. The van der Waals surface area contributed by atoms with Gasteiger partial charge in [-0.05, 0) is 44.0 Å². The molecular weight excluding hydrogens is 260 g/mol. The molecule has 0 amide bonds. The largest absolute Gasteiger partial charge is 0.303 e. The molecule has 0 radical (unpaired) electrons.